The molecular weight excluding hydrogens is 623 g/mol. The summed E-state index contributed by atoms with van der Waals surface area (Å²) < 4.78 is 0. The predicted molar refractivity (Wildman–Crippen MR) is 193 cm³/mol. The number of carbonyl (C=O) groups excluding carboxylic acids is 6. The van der Waals surface area contributed by atoms with Crippen LogP contribution in [0.3, 0.4) is 0 Å². The zero-order valence-corrected chi connectivity index (χ0v) is 31.3. The van der Waals surface area contributed by atoms with Crippen LogP contribution in [0.4, 0.5) is 4.79 Å². The van der Waals surface area contributed by atoms with Crippen LogP contribution in [-0.4, -0.2) is 80.2 Å². The van der Waals surface area contributed by atoms with Gasteiger partial charge in [-0.1, -0.05) is 66.7 Å². The molecule has 0 atom stereocenters. The molecule has 0 aromatic heterocycles. The summed E-state index contributed by atoms with van der Waals surface area (Å²) in [6.45, 7) is 7.23. The van der Waals surface area contributed by atoms with Crippen molar-refractivity contribution in [3.05, 3.63) is 5.32 Å². The number of hydrogen-bond acceptors (Lipinski definition) is 6. The monoisotopic (exact) mass is 696 g/mol. The summed E-state index contributed by atoms with van der Waals surface area (Å²) in [5.41, 5.74) is 0. The second-order valence-electron chi connectivity index (χ2n) is 11.5. The molecule has 3 heterocycles. The molecule has 4 N–H and O–H groups in total. The van der Waals surface area contributed by atoms with Crippen LogP contribution in [0.25, 0.3) is 5.32 Å². The summed E-state index contributed by atoms with van der Waals surface area (Å²) in [5, 5.41) is 14.7. The normalized spacial score (nSPS) is 15.5. The van der Waals surface area contributed by atoms with E-state index in [9.17, 15) is 28.8 Å². The van der Waals surface area contributed by atoms with Crippen molar-refractivity contribution in [2.24, 2.45) is 0 Å². The van der Waals surface area contributed by atoms with Gasteiger partial charge < -0.3 is 31.4 Å². The number of hydrogen-bond donors (Lipinski definition) is 4. The molecule has 0 aromatic carbocycles. The standard InChI is InChI=1S/C11H20N2O2.C10H20N2O2.2C6H11NO.2CH4.Na.H2/c1-2-3-8-12-11(15)13-9-6-4-5-7-10(13)14;1-9(13)12-8-6-4-3-5-7-10(14)11-2;2*8-6-4-2-1-3-5-7-6;;;;/h2-9H2,1H3,(H,12,15);3-8H2,1-2H3,(H,11,14)(H,12,13);2*1-5H2,(H,7,8);2*1H4;;1H/q;;;;;;+1;/p-1/i;;;;;;;1+1. The van der Waals surface area contributed by atoms with E-state index in [1.807, 2.05) is 0 Å². The Kier molecular flexibility index (Phi) is 41.3. The Balaban J connectivity index is -0.000000176. The van der Waals surface area contributed by atoms with Crippen molar-refractivity contribution in [1.82, 2.24) is 26.2 Å². The van der Waals surface area contributed by atoms with Gasteiger partial charge in [0, 0.05) is 60.8 Å². The average molecular weight is 696 g/mol. The molecule has 48 heavy (non-hydrogen) atoms. The van der Waals surface area contributed by atoms with E-state index in [-0.39, 0.29) is 81.4 Å². The fourth-order valence-electron chi connectivity index (χ4n) is 4.57. The van der Waals surface area contributed by atoms with Gasteiger partial charge in [0.25, 0.3) is 0 Å². The second-order valence-corrected chi connectivity index (χ2v) is 11.5. The Morgan fingerprint density at radius 2 is 1.42 bits per heavy atom. The maximum absolute atomic E-state index is 11.6. The molecule has 0 unspecified atom stereocenters. The van der Waals surface area contributed by atoms with Crippen molar-refractivity contribution in [3.8, 4) is 0 Å². The van der Waals surface area contributed by atoms with Crippen LogP contribution in [0.15, 0.2) is 0 Å². The molecule has 0 aliphatic carbocycles. The third-order valence-corrected chi connectivity index (χ3v) is 7.35. The van der Waals surface area contributed by atoms with Crippen molar-refractivity contribution in [3.63, 3.8) is 0 Å². The van der Waals surface area contributed by atoms with Crippen LogP contribution in [0, 0.1) is 0 Å². The van der Waals surface area contributed by atoms with Crippen LogP contribution in [0.2, 0.25) is 0 Å². The summed E-state index contributed by atoms with van der Waals surface area (Å²) >= 11 is 0. The first kappa shape index (κ1) is 52.6. The molecule has 7 amide bonds. The quantitative estimate of drug-likeness (QED) is 0.202. The minimum atomic E-state index is -0.213. The van der Waals surface area contributed by atoms with Gasteiger partial charge in [-0.3, -0.25) is 24.1 Å². The van der Waals surface area contributed by atoms with Gasteiger partial charge in [0.2, 0.25) is 23.6 Å². The predicted octanol–water partition coefficient (Wildman–Crippen LogP) is 3.38. The van der Waals surface area contributed by atoms with Crippen molar-refractivity contribution in [2.75, 3.05) is 39.8 Å². The molecule has 3 saturated heterocycles. The number of rotatable bonds is 10. The third kappa shape index (κ3) is 33.7. The number of likely N-dealkylation sites (tertiary alicyclic amines) is 1. The van der Waals surface area contributed by atoms with E-state index in [1.165, 1.54) is 24.7 Å². The van der Waals surface area contributed by atoms with E-state index in [0.29, 0.717) is 32.4 Å². The molecule has 13 heteroatoms. The Morgan fingerprint density at radius 3 is 2.10 bits per heavy atom. The maximum Gasteiger partial charge on any atom is 1.00 e. The molecule has 278 valence electrons. The largest absolute Gasteiger partial charge is 1.00 e. The zero-order valence-electron chi connectivity index (χ0n) is 29.3. The van der Waals surface area contributed by atoms with Crippen LogP contribution >= 0.6 is 0 Å². The molecule has 0 saturated carbocycles. The Bertz CT molecular complexity index is 824. The Labute approximate surface area is 316 Å². The first-order valence-electron chi connectivity index (χ1n) is 17.2. The average Bonchev–Trinajstić information content (AvgIpc) is 3.51. The Morgan fingerprint density at radius 1 is 0.792 bits per heavy atom. The number of nitrogens with one attached hydrogen (secondary N) is 4. The fraction of sp³-hybridized carbons (Fsp3) is 0.829. The van der Waals surface area contributed by atoms with Crippen molar-refractivity contribution >= 4 is 35.6 Å². The number of imide groups is 1. The van der Waals surface area contributed by atoms with Crippen LogP contribution in [-0.2, 0) is 24.0 Å². The van der Waals surface area contributed by atoms with Crippen LogP contribution in [0.5, 0.6) is 0 Å². The minimum Gasteiger partial charge on any atom is -0.653 e. The van der Waals surface area contributed by atoms with Crippen LogP contribution < -0.4 is 50.8 Å². The van der Waals surface area contributed by atoms with E-state index >= 15 is 0 Å². The molecule has 0 radical (unpaired) electrons. The van der Waals surface area contributed by atoms with E-state index < -0.39 is 0 Å². The summed E-state index contributed by atoms with van der Waals surface area (Å²) in [7, 11) is 1.65. The molecule has 0 spiro atoms. The smallest absolute Gasteiger partial charge is 0.653 e. The van der Waals surface area contributed by atoms with Gasteiger partial charge in [0.1, 0.15) is 0 Å². The summed E-state index contributed by atoms with van der Waals surface area (Å²) in [6, 6.07) is -0.213. The number of unbranched alkanes of at least 4 members (excludes halogenated alkanes) is 4. The van der Waals surface area contributed by atoms with Crippen molar-refractivity contribution in [1.29, 1.82) is 0 Å². The first-order chi connectivity index (χ1) is 21.7. The number of amides is 7. The van der Waals surface area contributed by atoms with Crippen molar-refractivity contribution < 1.29 is 59.8 Å². The first-order valence-corrected chi connectivity index (χ1v) is 17.2. The number of urea groups is 1. The van der Waals surface area contributed by atoms with E-state index in [1.54, 1.807) is 7.05 Å². The molecular formula is C35H71N6NaO6. The van der Waals surface area contributed by atoms with E-state index in [0.717, 1.165) is 110 Å². The molecule has 3 fully saturated rings. The minimum absolute atomic E-state index is 0. The van der Waals surface area contributed by atoms with Gasteiger partial charge in [0.05, 0.1) is 5.91 Å². The zero-order chi connectivity index (χ0) is 33.5. The topological polar surface area (TPSA) is 168 Å². The molecule has 3 rings (SSSR count). The summed E-state index contributed by atoms with van der Waals surface area (Å²) in [4.78, 5) is 67.0. The van der Waals surface area contributed by atoms with Gasteiger partial charge in [0.15, 0.2) is 0 Å². The van der Waals surface area contributed by atoms with E-state index in [4.69, 9.17) is 0 Å². The van der Waals surface area contributed by atoms with Gasteiger partial charge in [-0.25, -0.2) is 4.79 Å². The molecule has 0 aromatic rings. The third-order valence-electron chi connectivity index (χ3n) is 7.35. The Hall–Kier alpha value is -2.18. The maximum atomic E-state index is 11.6. The second kappa shape index (κ2) is 37.6. The van der Waals surface area contributed by atoms with Gasteiger partial charge in [-0.15, -0.1) is 6.54 Å². The number of nitrogens with zero attached hydrogens (tertiary/aromatic N) is 2. The van der Waals surface area contributed by atoms with E-state index in [2.05, 4.69) is 33.5 Å². The molecule has 0 bridgehead atoms. The number of carbonyl (C=O) groups is 6. The fourth-order valence-corrected chi connectivity index (χ4v) is 4.57. The van der Waals surface area contributed by atoms with Crippen molar-refractivity contribution in [2.45, 2.75) is 151 Å². The summed E-state index contributed by atoms with van der Waals surface area (Å²) in [6.07, 6.45) is 18.3. The van der Waals surface area contributed by atoms with Gasteiger partial charge >= 0.3 is 35.6 Å². The van der Waals surface area contributed by atoms with Gasteiger partial charge in [-0.05, 0) is 57.8 Å². The molecule has 12 nitrogen and oxygen atoms in total. The summed E-state index contributed by atoms with van der Waals surface area (Å²) in [5.74, 6) is 0.425. The van der Waals surface area contributed by atoms with Gasteiger partial charge in [-0.2, -0.15) is 0 Å². The molecule has 3 aliphatic rings. The molecule has 3 aliphatic heterocycles. The SMILES string of the molecule is C.C.CCCCNC(=O)N1CCCCCC1=O.CNC(=O)CCCCCCNC(C)=O.O=C1CCCCCN1.O=C1CCCCC[N-]1.[2HH].[Na+]. The van der Waals surface area contributed by atoms with Crippen LogP contribution in [0.1, 0.15) is 152 Å².